The highest BCUT2D eigenvalue weighted by molar-refractivity contribution is 6.35. The Morgan fingerprint density at radius 3 is 2.22 bits per heavy atom. The Morgan fingerprint density at radius 2 is 2.11 bits per heavy atom. The molecule has 0 amide bonds. The highest BCUT2D eigenvalue weighted by atomic mass is 16.4. The van der Waals surface area contributed by atoms with Gasteiger partial charge in [0.1, 0.15) is 5.71 Å². The maximum atomic E-state index is 10.2. The van der Waals surface area contributed by atoms with Gasteiger partial charge in [0.15, 0.2) is 0 Å². The van der Waals surface area contributed by atoms with E-state index in [4.69, 9.17) is 5.11 Å². The van der Waals surface area contributed by atoms with Crippen LogP contribution in [-0.4, -0.2) is 23.3 Å². The Morgan fingerprint density at radius 1 is 1.56 bits per heavy atom. The van der Waals surface area contributed by atoms with Gasteiger partial charge in [0.05, 0.1) is 0 Å². The normalized spacial score (nSPS) is 11.6. The quantitative estimate of drug-likeness (QED) is 0.576. The average molecular weight is 129 g/mol. The Balaban J connectivity index is 3.98. The molecule has 0 aliphatic carbocycles. The van der Waals surface area contributed by atoms with Crippen LogP contribution in [0, 0.1) is 0 Å². The van der Waals surface area contributed by atoms with Crippen molar-refractivity contribution in [3.05, 3.63) is 0 Å². The molecule has 0 unspecified atom stereocenters. The molecule has 52 valence electrons. The van der Waals surface area contributed by atoms with Crippen LogP contribution < -0.4 is 0 Å². The maximum Gasteiger partial charge on any atom is 0.349 e. The number of aliphatic carboxylic acids is 1. The van der Waals surface area contributed by atoms with Gasteiger partial charge in [-0.2, -0.15) is 0 Å². The first-order valence-electron chi connectivity index (χ1n) is 2.99. The zero-order valence-electron chi connectivity index (χ0n) is 5.72. The van der Waals surface area contributed by atoms with E-state index in [9.17, 15) is 4.79 Å². The number of nitrogens with zero attached hydrogens (tertiary/aromatic N) is 1. The Labute approximate surface area is 54.4 Å². The SMILES string of the molecule is CCN=C(CC)C(=O)O. The van der Waals surface area contributed by atoms with Crippen molar-refractivity contribution in [3.63, 3.8) is 0 Å². The minimum atomic E-state index is -0.903. The van der Waals surface area contributed by atoms with Crippen LogP contribution in [-0.2, 0) is 4.79 Å². The molecule has 0 saturated heterocycles. The second-order valence-corrected chi connectivity index (χ2v) is 1.58. The molecule has 1 N–H and O–H groups in total. The van der Waals surface area contributed by atoms with Gasteiger partial charge in [-0.05, 0) is 13.3 Å². The number of carbonyl (C=O) groups is 1. The summed E-state index contributed by atoms with van der Waals surface area (Å²) in [6.45, 7) is 4.15. The Kier molecular flexibility index (Phi) is 3.67. The number of carboxylic acid groups (broad SMARTS) is 1. The van der Waals surface area contributed by atoms with Crippen molar-refractivity contribution < 1.29 is 9.90 Å². The van der Waals surface area contributed by atoms with Crippen LogP contribution in [0.2, 0.25) is 0 Å². The fourth-order valence-electron chi connectivity index (χ4n) is 0.522. The van der Waals surface area contributed by atoms with Crippen molar-refractivity contribution in [1.29, 1.82) is 0 Å². The van der Waals surface area contributed by atoms with Gasteiger partial charge in [-0.25, -0.2) is 4.79 Å². The smallest absolute Gasteiger partial charge is 0.349 e. The lowest BCUT2D eigenvalue weighted by molar-refractivity contribution is -0.129. The van der Waals surface area contributed by atoms with Crippen LogP contribution in [0.5, 0.6) is 0 Å². The standard InChI is InChI=1S/C6H11NO2/c1-3-5(6(8)9)7-4-2/h3-4H2,1-2H3,(H,8,9). The van der Waals surface area contributed by atoms with Crippen LogP contribution in [0.4, 0.5) is 0 Å². The van der Waals surface area contributed by atoms with Gasteiger partial charge in [0.25, 0.3) is 0 Å². The van der Waals surface area contributed by atoms with Crippen LogP contribution in [0.25, 0.3) is 0 Å². The van der Waals surface area contributed by atoms with E-state index in [2.05, 4.69) is 4.99 Å². The molecule has 0 fully saturated rings. The molecule has 0 aliphatic heterocycles. The van der Waals surface area contributed by atoms with E-state index in [-0.39, 0.29) is 5.71 Å². The third-order valence-corrected chi connectivity index (χ3v) is 0.931. The largest absolute Gasteiger partial charge is 0.477 e. The van der Waals surface area contributed by atoms with E-state index in [1.165, 1.54) is 0 Å². The van der Waals surface area contributed by atoms with Gasteiger partial charge in [-0.3, -0.25) is 4.99 Å². The van der Waals surface area contributed by atoms with Gasteiger partial charge < -0.3 is 5.11 Å². The molecule has 0 atom stereocenters. The number of hydrogen-bond acceptors (Lipinski definition) is 2. The van der Waals surface area contributed by atoms with E-state index in [1.54, 1.807) is 6.92 Å². The number of carboxylic acids is 1. The second-order valence-electron chi connectivity index (χ2n) is 1.58. The molecular formula is C6H11NO2. The molecule has 0 aromatic rings. The number of aliphatic imine (C=N–C) groups is 1. The molecular weight excluding hydrogens is 118 g/mol. The van der Waals surface area contributed by atoms with Gasteiger partial charge >= 0.3 is 5.97 Å². The Hall–Kier alpha value is -0.860. The molecule has 3 nitrogen and oxygen atoms in total. The van der Waals surface area contributed by atoms with E-state index >= 15 is 0 Å². The van der Waals surface area contributed by atoms with Crippen molar-refractivity contribution in [1.82, 2.24) is 0 Å². The summed E-state index contributed by atoms with van der Waals surface area (Å²) in [4.78, 5) is 13.9. The molecule has 3 heteroatoms. The maximum absolute atomic E-state index is 10.2. The predicted molar refractivity (Wildman–Crippen MR) is 35.9 cm³/mol. The van der Waals surface area contributed by atoms with Crippen molar-refractivity contribution >= 4 is 11.7 Å². The molecule has 0 saturated carbocycles. The fourth-order valence-corrected chi connectivity index (χ4v) is 0.522. The van der Waals surface area contributed by atoms with E-state index in [0.717, 1.165) is 0 Å². The molecule has 0 heterocycles. The van der Waals surface area contributed by atoms with Gasteiger partial charge in [-0.15, -0.1) is 0 Å². The second kappa shape index (κ2) is 4.06. The highest BCUT2D eigenvalue weighted by Gasteiger charge is 2.03. The lowest BCUT2D eigenvalue weighted by Gasteiger charge is -1.92. The first-order valence-corrected chi connectivity index (χ1v) is 2.99. The fraction of sp³-hybridized carbons (Fsp3) is 0.667. The lowest BCUT2D eigenvalue weighted by atomic mass is 10.3. The lowest BCUT2D eigenvalue weighted by Crippen LogP contribution is -2.11. The van der Waals surface area contributed by atoms with E-state index in [0.29, 0.717) is 13.0 Å². The van der Waals surface area contributed by atoms with Crippen LogP contribution in [0.3, 0.4) is 0 Å². The van der Waals surface area contributed by atoms with E-state index in [1.807, 2.05) is 6.92 Å². The molecule has 0 aromatic carbocycles. The zero-order chi connectivity index (χ0) is 7.28. The average Bonchev–Trinajstić information content (AvgIpc) is 1.82. The van der Waals surface area contributed by atoms with Crippen LogP contribution in [0.15, 0.2) is 4.99 Å². The molecule has 0 radical (unpaired) electrons. The van der Waals surface area contributed by atoms with Crippen LogP contribution in [0.1, 0.15) is 20.3 Å². The Bertz CT molecular complexity index is 129. The summed E-state index contributed by atoms with van der Waals surface area (Å²) < 4.78 is 0. The molecule has 0 aliphatic rings. The van der Waals surface area contributed by atoms with E-state index < -0.39 is 5.97 Å². The molecule has 0 spiro atoms. The molecule has 0 aromatic heterocycles. The number of rotatable bonds is 3. The molecule has 9 heavy (non-hydrogen) atoms. The topological polar surface area (TPSA) is 49.7 Å². The van der Waals surface area contributed by atoms with Crippen LogP contribution >= 0.6 is 0 Å². The number of hydrogen-bond donors (Lipinski definition) is 1. The zero-order valence-corrected chi connectivity index (χ0v) is 5.72. The first-order chi connectivity index (χ1) is 4.22. The summed E-state index contributed by atoms with van der Waals surface area (Å²) in [5.41, 5.74) is 0.262. The summed E-state index contributed by atoms with van der Waals surface area (Å²) in [6.07, 6.45) is 0.503. The van der Waals surface area contributed by atoms with Gasteiger partial charge in [0, 0.05) is 6.54 Å². The summed E-state index contributed by atoms with van der Waals surface area (Å²) in [5, 5.41) is 8.37. The monoisotopic (exact) mass is 129 g/mol. The van der Waals surface area contributed by atoms with Crippen molar-refractivity contribution in [2.24, 2.45) is 4.99 Å². The minimum absolute atomic E-state index is 0.262. The molecule has 0 rings (SSSR count). The highest BCUT2D eigenvalue weighted by Crippen LogP contribution is 1.85. The summed E-state index contributed by atoms with van der Waals surface area (Å²) in [7, 11) is 0. The molecule has 0 bridgehead atoms. The minimum Gasteiger partial charge on any atom is -0.477 e. The first kappa shape index (κ1) is 8.14. The van der Waals surface area contributed by atoms with Gasteiger partial charge in [0.2, 0.25) is 0 Å². The van der Waals surface area contributed by atoms with Gasteiger partial charge in [-0.1, -0.05) is 6.92 Å². The van der Waals surface area contributed by atoms with Crippen molar-refractivity contribution in [2.45, 2.75) is 20.3 Å². The predicted octanol–water partition coefficient (Wildman–Crippen LogP) is 0.942. The third-order valence-electron chi connectivity index (χ3n) is 0.931. The van der Waals surface area contributed by atoms with Crippen molar-refractivity contribution in [2.75, 3.05) is 6.54 Å². The summed E-state index contributed by atoms with van der Waals surface area (Å²) >= 11 is 0. The van der Waals surface area contributed by atoms with Crippen molar-refractivity contribution in [3.8, 4) is 0 Å². The summed E-state index contributed by atoms with van der Waals surface area (Å²) in [6, 6.07) is 0. The third kappa shape index (κ3) is 2.85. The summed E-state index contributed by atoms with van der Waals surface area (Å²) in [5.74, 6) is -0.903.